The van der Waals surface area contributed by atoms with Gasteiger partial charge in [0.1, 0.15) is 6.04 Å². The zero-order valence-electron chi connectivity index (χ0n) is 15.8. The maximum absolute atomic E-state index is 12.4. The van der Waals surface area contributed by atoms with Crippen molar-refractivity contribution in [3.63, 3.8) is 0 Å². The summed E-state index contributed by atoms with van der Waals surface area (Å²) < 4.78 is 5.01. The molecule has 0 saturated carbocycles. The minimum atomic E-state index is -1.14. The molecular weight excluding hydrogens is 360 g/mol. The molecule has 28 heavy (non-hydrogen) atoms. The van der Waals surface area contributed by atoms with Gasteiger partial charge in [-0.3, -0.25) is 19.3 Å². The molecule has 7 nitrogen and oxygen atoms in total. The number of benzene rings is 2. The van der Waals surface area contributed by atoms with Crippen molar-refractivity contribution in [2.45, 2.75) is 26.8 Å². The molecule has 0 aromatic heterocycles. The lowest BCUT2D eigenvalue weighted by atomic mass is 10.1. The van der Waals surface area contributed by atoms with Crippen LogP contribution in [0.3, 0.4) is 0 Å². The first-order chi connectivity index (χ1) is 13.3. The van der Waals surface area contributed by atoms with Gasteiger partial charge in [-0.25, -0.2) is 4.79 Å². The Labute approximate surface area is 162 Å². The average Bonchev–Trinajstić information content (AvgIpc) is 2.92. The molecule has 0 aliphatic carbocycles. The third kappa shape index (κ3) is 3.64. The van der Waals surface area contributed by atoms with Crippen LogP contribution in [-0.4, -0.2) is 41.2 Å². The minimum Gasteiger partial charge on any atom is -0.454 e. The van der Waals surface area contributed by atoms with Crippen molar-refractivity contribution >= 4 is 29.4 Å². The van der Waals surface area contributed by atoms with Crippen molar-refractivity contribution in [2.24, 2.45) is 0 Å². The van der Waals surface area contributed by atoms with Crippen LogP contribution in [0.25, 0.3) is 0 Å². The van der Waals surface area contributed by atoms with Gasteiger partial charge in [-0.1, -0.05) is 29.8 Å². The van der Waals surface area contributed by atoms with Gasteiger partial charge in [0.25, 0.3) is 17.7 Å². The molecule has 1 heterocycles. The average molecular weight is 380 g/mol. The smallest absolute Gasteiger partial charge is 0.329 e. The third-order valence-corrected chi connectivity index (χ3v) is 4.56. The zero-order chi connectivity index (χ0) is 20.4. The molecule has 2 aromatic carbocycles. The van der Waals surface area contributed by atoms with Crippen molar-refractivity contribution in [3.8, 4) is 0 Å². The molecule has 0 spiro atoms. The highest BCUT2D eigenvalue weighted by atomic mass is 16.5. The van der Waals surface area contributed by atoms with E-state index in [0.717, 1.165) is 16.0 Å². The Hall–Kier alpha value is -3.48. The number of aryl methyl sites for hydroxylation is 2. The lowest BCUT2D eigenvalue weighted by Gasteiger charge is -2.20. The molecule has 3 rings (SSSR count). The van der Waals surface area contributed by atoms with Gasteiger partial charge in [-0.2, -0.15) is 0 Å². The molecule has 2 aromatic rings. The van der Waals surface area contributed by atoms with Gasteiger partial charge in [0.2, 0.25) is 0 Å². The van der Waals surface area contributed by atoms with Gasteiger partial charge in [-0.05, 0) is 44.5 Å². The normalized spacial score (nSPS) is 13.9. The van der Waals surface area contributed by atoms with Gasteiger partial charge in [0.15, 0.2) is 6.61 Å². The number of hydrogen-bond donors (Lipinski definition) is 1. The topological polar surface area (TPSA) is 92.8 Å². The maximum atomic E-state index is 12.4. The summed E-state index contributed by atoms with van der Waals surface area (Å²) in [6.45, 7) is 4.69. The van der Waals surface area contributed by atoms with E-state index in [-0.39, 0.29) is 11.1 Å². The van der Waals surface area contributed by atoms with E-state index in [1.54, 1.807) is 18.2 Å². The van der Waals surface area contributed by atoms with E-state index < -0.39 is 36.3 Å². The van der Waals surface area contributed by atoms with Crippen molar-refractivity contribution in [1.82, 2.24) is 4.90 Å². The Bertz CT molecular complexity index is 948. The highest BCUT2D eigenvalue weighted by Gasteiger charge is 2.41. The SMILES string of the molecule is Cc1ccc(NC(=O)COC(=O)C(C)N2C(=O)c3ccccc3C2=O)c(C)c1. The Balaban J connectivity index is 1.60. The Morgan fingerprint density at radius 3 is 2.21 bits per heavy atom. The van der Waals surface area contributed by atoms with Crippen LogP contribution in [0.15, 0.2) is 42.5 Å². The number of imide groups is 1. The summed E-state index contributed by atoms with van der Waals surface area (Å²) in [7, 11) is 0. The van der Waals surface area contributed by atoms with Crippen molar-refractivity contribution < 1.29 is 23.9 Å². The fourth-order valence-electron chi connectivity index (χ4n) is 3.06. The Morgan fingerprint density at radius 1 is 1.04 bits per heavy atom. The van der Waals surface area contributed by atoms with E-state index in [1.807, 2.05) is 26.0 Å². The largest absolute Gasteiger partial charge is 0.454 e. The molecule has 7 heteroatoms. The van der Waals surface area contributed by atoms with Gasteiger partial charge in [-0.15, -0.1) is 0 Å². The van der Waals surface area contributed by atoms with Crippen LogP contribution in [0.4, 0.5) is 5.69 Å². The molecular formula is C21H20N2O5. The fourth-order valence-corrected chi connectivity index (χ4v) is 3.06. The quantitative estimate of drug-likeness (QED) is 0.635. The second kappa shape index (κ2) is 7.64. The number of hydrogen-bond acceptors (Lipinski definition) is 5. The predicted octanol–water partition coefficient (Wildman–Crippen LogP) is 2.47. The summed E-state index contributed by atoms with van der Waals surface area (Å²) in [5.74, 6) is -2.44. The molecule has 0 radical (unpaired) electrons. The molecule has 1 unspecified atom stereocenters. The number of anilines is 1. The third-order valence-electron chi connectivity index (χ3n) is 4.56. The predicted molar refractivity (Wildman–Crippen MR) is 102 cm³/mol. The minimum absolute atomic E-state index is 0.250. The summed E-state index contributed by atoms with van der Waals surface area (Å²) in [6.07, 6.45) is 0. The monoisotopic (exact) mass is 380 g/mol. The Morgan fingerprint density at radius 2 is 1.64 bits per heavy atom. The molecule has 144 valence electrons. The van der Waals surface area contributed by atoms with Crippen LogP contribution in [-0.2, 0) is 14.3 Å². The fraction of sp³-hybridized carbons (Fsp3) is 0.238. The summed E-state index contributed by atoms with van der Waals surface area (Å²) in [4.78, 5) is 50.0. The number of carbonyl (C=O) groups excluding carboxylic acids is 4. The first kappa shape index (κ1) is 19.3. The van der Waals surface area contributed by atoms with Gasteiger partial charge in [0.05, 0.1) is 11.1 Å². The summed E-state index contributed by atoms with van der Waals surface area (Å²) >= 11 is 0. The number of carbonyl (C=O) groups is 4. The maximum Gasteiger partial charge on any atom is 0.329 e. The molecule has 1 aliphatic rings. The number of nitrogens with one attached hydrogen (secondary N) is 1. The van der Waals surface area contributed by atoms with E-state index >= 15 is 0 Å². The number of amides is 3. The highest BCUT2D eigenvalue weighted by Crippen LogP contribution is 2.24. The van der Waals surface area contributed by atoms with E-state index in [4.69, 9.17) is 4.74 Å². The standard InChI is InChI=1S/C21H20N2O5/c1-12-8-9-17(13(2)10-12)22-18(24)11-28-21(27)14(3)23-19(25)15-6-4-5-7-16(15)20(23)26/h4-10,14H,11H2,1-3H3,(H,22,24). The van der Waals surface area contributed by atoms with E-state index in [9.17, 15) is 19.2 Å². The van der Waals surface area contributed by atoms with Crippen LogP contribution >= 0.6 is 0 Å². The van der Waals surface area contributed by atoms with Crippen LogP contribution in [0.1, 0.15) is 38.8 Å². The molecule has 0 fully saturated rings. The lowest BCUT2D eigenvalue weighted by Crippen LogP contribution is -2.44. The van der Waals surface area contributed by atoms with E-state index in [1.165, 1.54) is 19.1 Å². The molecule has 3 amide bonds. The molecule has 1 N–H and O–H groups in total. The van der Waals surface area contributed by atoms with E-state index in [0.29, 0.717) is 5.69 Å². The number of nitrogens with zero attached hydrogens (tertiary/aromatic N) is 1. The van der Waals surface area contributed by atoms with Gasteiger partial charge in [0, 0.05) is 5.69 Å². The summed E-state index contributed by atoms with van der Waals surface area (Å²) in [5, 5.41) is 2.67. The Kier molecular flexibility index (Phi) is 5.26. The lowest BCUT2D eigenvalue weighted by molar-refractivity contribution is -0.150. The van der Waals surface area contributed by atoms with Crippen LogP contribution in [0.2, 0.25) is 0 Å². The molecule has 0 saturated heterocycles. The second-order valence-corrected chi connectivity index (χ2v) is 6.68. The van der Waals surface area contributed by atoms with Crippen molar-refractivity contribution in [1.29, 1.82) is 0 Å². The summed E-state index contributed by atoms with van der Waals surface area (Å²) in [6, 6.07) is 10.8. The van der Waals surface area contributed by atoms with Crippen molar-refractivity contribution in [3.05, 3.63) is 64.7 Å². The number of rotatable bonds is 5. The molecule has 1 aliphatic heterocycles. The number of fused-ring (bicyclic) bond motifs is 1. The van der Waals surface area contributed by atoms with Gasteiger partial charge >= 0.3 is 5.97 Å². The second-order valence-electron chi connectivity index (χ2n) is 6.68. The van der Waals surface area contributed by atoms with E-state index in [2.05, 4.69) is 5.32 Å². The van der Waals surface area contributed by atoms with Gasteiger partial charge < -0.3 is 10.1 Å². The van der Waals surface area contributed by atoms with Crippen molar-refractivity contribution in [2.75, 3.05) is 11.9 Å². The first-order valence-corrected chi connectivity index (χ1v) is 8.80. The molecule has 1 atom stereocenters. The zero-order valence-corrected chi connectivity index (χ0v) is 15.8. The van der Waals surface area contributed by atoms with Crippen LogP contribution in [0, 0.1) is 13.8 Å². The number of ether oxygens (including phenoxy) is 1. The highest BCUT2D eigenvalue weighted by molar-refractivity contribution is 6.22. The molecule has 0 bridgehead atoms. The number of esters is 1. The van der Waals surface area contributed by atoms with Crippen LogP contribution < -0.4 is 5.32 Å². The first-order valence-electron chi connectivity index (χ1n) is 8.80. The summed E-state index contributed by atoms with van der Waals surface area (Å²) in [5.41, 5.74) is 3.08. The van der Waals surface area contributed by atoms with Crippen LogP contribution in [0.5, 0.6) is 0 Å².